The molecule has 2 atom stereocenters. The van der Waals surface area contributed by atoms with Crippen LogP contribution in [0.15, 0.2) is 30.3 Å². The third-order valence-electron chi connectivity index (χ3n) is 5.09. The van der Waals surface area contributed by atoms with Crippen LogP contribution in [0.4, 0.5) is 0 Å². The molecule has 3 heterocycles. The minimum Gasteiger partial charge on any atom is -0.341 e. The van der Waals surface area contributed by atoms with Crippen LogP contribution in [0.1, 0.15) is 46.5 Å². The van der Waals surface area contributed by atoms with E-state index in [0.29, 0.717) is 5.92 Å². The SMILES string of the molecule is Cc1cc([C@H]2CCCN(C(=O)[C@H]3SCCc4ccccc43)C2)n[nH]1. The second kappa shape index (κ2) is 6.63. The molecule has 4 rings (SSSR count). The number of fused-ring (bicyclic) bond motifs is 1. The Balaban J connectivity index is 1.52. The zero-order valence-corrected chi connectivity index (χ0v) is 14.8. The first-order chi connectivity index (χ1) is 11.7. The van der Waals surface area contributed by atoms with Crippen molar-refractivity contribution in [1.82, 2.24) is 15.1 Å². The topological polar surface area (TPSA) is 49.0 Å². The van der Waals surface area contributed by atoms with Gasteiger partial charge in [-0.2, -0.15) is 5.10 Å². The molecule has 0 radical (unpaired) electrons. The predicted molar refractivity (Wildman–Crippen MR) is 97.2 cm³/mol. The maximum absolute atomic E-state index is 13.2. The Kier molecular flexibility index (Phi) is 4.35. The highest BCUT2D eigenvalue weighted by Gasteiger charge is 2.33. The monoisotopic (exact) mass is 341 g/mol. The van der Waals surface area contributed by atoms with Crippen LogP contribution in [-0.4, -0.2) is 39.8 Å². The maximum Gasteiger partial charge on any atom is 0.240 e. The number of rotatable bonds is 2. The van der Waals surface area contributed by atoms with Crippen molar-refractivity contribution in [2.75, 3.05) is 18.8 Å². The third-order valence-corrected chi connectivity index (χ3v) is 6.32. The molecule has 0 spiro atoms. The quantitative estimate of drug-likeness (QED) is 0.910. The van der Waals surface area contributed by atoms with Gasteiger partial charge < -0.3 is 4.90 Å². The van der Waals surface area contributed by atoms with Gasteiger partial charge in [-0.25, -0.2) is 0 Å². The van der Waals surface area contributed by atoms with E-state index in [1.54, 1.807) is 11.8 Å². The molecule has 5 heteroatoms. The summed E-state index contributed by atoms with van der Waals surface area (Å²) in [5.41, 5.74) is 4.74. The molecule has 1 N–H and O–H groups in total. The number of hydrogen-bond donors (Lipinski definition) is 1. The van der Waals surface area contributed by atoms with Gasteiger partial charge >= 0.3 is 0 Å². The normalized spacial score (nSPS) is 23.8. The lowest BCUT2D eigenvalue weighted by atomic mass is 9.93. The van der Waals surface area contributed by atoms with Gasteiger partial charge in [0.05, 0.1) is 5.69 Å². The van der Waals surface area contributed by atoms with Crippen LogP contribution >= 0.6 is 11.8 Å². The van der Waals surface area contributed by atoms with Crippen LogP contribution in [0.25, 0.3) is 0 Å². The van der Waals surface area contributed by atoms with Crippen molar-refractivity contribution in [3.8, 4) is 0 Å². The number of piperidine rings is 1. The minimum absolute atomic E-state index is 0.0328. The number of amides is 1. The second-order valence-corrected chi connectivity index (χ2v) is 8.01. The van der Waals surface area contributed by atoms with E-state index in [4.69, 9.17) is 0 Å². The zero-order valence-electron chi connectivity index (χ0n) is 14.0. The molecule has 1 amide bonds. The number of nitrogens with one attached hydrogen (secondary N) is 1. The van der Waals surface area contributed by atoms with Gasteiger partial charge in [0, 0.05) is 24.7 Å². The van der Waals surface area contributed by atoms with Gasteiger partial charge in [0.1, 0.15) is 5.25 Å². The number of likely N-dealkylation sites (tertiary alicyclic amines) is 1. The smallest absolute Gasteiger partial charge is 0.240 e. The van der Waals surface area contributed by atoms with Gasteiger partial charge in [0.15, 0.2) is 0 Å². The Morgan fingerprint density at radius 3 is 3.08 bits per heavy atom. The van der Waals surface area contributed by atoms with E-state index in [1.807, 2.05) is 6.92 Å². The predicted octanol–water partition coefficient (Wildman–Crippen LogP) is 3.45. The number of hydrogen-bond acceptors (Lipinski definition) is 3. The largest absolute Gasteiger partial charge is 0.341 e. The summed E-state index contributed by atoms with van der Waals surface area (Å²) in [7, 11) is 0. The average molecular weight is 341 g/mol. The van der Waals surface area contributed by atoms with Crippen LogP contribution in [0.3, 0.4) is 0 Å². The number of thioether (sulfide) groups is 1. The standard InChI is InChI=1S/C19H23N3OS/c1-13-11-17(21-20-13)15-6-4-9-22(12-15)19(23)18-16-7-3-2-5-14(16)8-10-24-18/h2-3,5,7,11,15,18H,4,6,8-10,12H2,1H3,(H,20,21)/t15-,18-/m0/s1. The number of H-pyrrole nitrogens is 1. The molecule has 1 aromatic heterocycles. The Bertz CT molecular complexity index is 742. The Morgan fingerprint density at radius 2 is 2.25 bits per heavy atom. The highest BCUT2D eigenvalue weighted by atomic mass is 32.2. The van der Waals surface area contributed by atoms with Crippen molar-refractivity contribution in [2.45, 2.75) is 37.4 Å². The first-order valence-electron chi connectivity index (χ1n) is 8.72. The average Bonchev–Trinajstić information content (AvgIpc) is 3.07. The zero-order chi connectivity index (χ0) is 16.5. The van der Waals surface area contributed by atoms with Crippen molar-refractivity contribution in [3.05, 3.63) is 52.8 Å². The highest BCUT2D eigenvalue weighted by molar-refractivity contribution is 8.00. The van der Waals surface area contributed by atoms with E-state index in [0.717, 1.165) is 49.5 Å². The number of carbonyl (C=O) groups is 1. The summed E-state index contributed by atoms with van der Waals surface area (Å²) in [6, 6.07) is 10.5. The Morgan fingerprint density at radius 1 is 1.38 bits per heavy atom. The first-order valence-corrected chi connectivity index (χ1v) is 9.77. The summed E-state index contributed by atoms with van der Waals surface area (Å²) in [5.74, 6) is 1.67. The molecule has 1 fully saturated rings. The van der Waals surface area contributed by atoms with Gasteiger partial charge in [0.2, 0.25) is 5.91 Å². The summed E-state index contributed by atoms with van der Waals surface area (Å²) < 4.78 is 0. The van der Waals surface area contributed by atoms with E-state index in [1.165, 1.54) is 11.1 Å². The number of nitrogens with zero attached hydrogens (tertiary/aromatic N) is 2. The van der Waals surface area contributed by atoms with E-state index < -0.39 is 0 Å². The van der Waals surface area contributed by atoms with Crippen LogP contribution in [0, 0.1) is 6.92 Å². The van der Waals surface area contributed by atoms with Crippen molar-refractivity contribution in [3.63, 3.8) is 0 Å². The summed E-state index contributed by atoms with van der Waals surface area (Å²) >= 11 is 1.80. The third kappa shape index (κ3) is 2.97. The summed E-state index contributed by atoms with van der Waals surface area (Å²) in [5, 5.41) is 7.41. The van der Waals surface area contributed by atoms with Crippen LogP contribution < -0.4 is 0 Å². The number of benzene rings is 1. The Hall–Kier alpha value is -1.75. The molecule has 0 unspecified atom stereocenters. The molecule has 0 saturated carbocycles. The van der Waals surface area contributed by atoms with E-state index in [-0.39, 0.29) is 11.2 Å². The number of aromatic amines is 1. The van der Waals surface area contributed by atoms with Gasteiger partial charge in [-0.15, -0.1) is 11.8 Å². The van der Waals surface area contributed by atoms with Gasteiger partial charge in [0.25, 0.3) is 0 Å². The fourth-order valence-corrected chi connectivity index (χ4v) is 5.11. The molecule has 24 heavy (non-hydrogen) atoms. The molecule has 0 bridgehead atoms. The molecule has 4 nitrogen and oxygen atoms in total. The summed E-state index contributed by atoms with van der Waals surface area (Å²) in [4.78, 5) is 15.2. The van der Waals surface area contributed by atoms with E-state index in [9.17, 15) is 4.79 Å². The van der Waals surface area contributed by atoms with Crippen molar-refractivity contribution < 1.29 is 4.79 Å². The number of aromatic nitrogens is 2. The molecule has 1 saturated heterocycles. The fourth-order valence-electron chi connectivity index (χ4n) is 3.83. The van der Waals surface area contributed by atoms with Crippen molar-refractivity contribution in [1.29, 1.82) is 0 Å². The summed E-state index contributed by atoms with van der Waals surface area (Å²) in [6.45, 7) is 3.69. The summed E-state index contributed by atoms with van der Waals surface area (Å²) in [6.07, 6.45) is 3.24. The molecular weight excluding hydrogens is 318 g/mol. The van der Waals surface area contributed by atoms with E-state index in [2.05, 4.69) is 45.4 Å². The lowest BCUT2D eigenvalue weighted by Gasteiger charge is -2.35. The lowest BCUT2D eigenvalue weighted by Crippen LogP contribution is -2.41. The van der Waals surface area contributed by atoms with Crippen molar-refractivity contribution in [2.24, 2.45) is 0 Å². The molecule has 126 valence electrons. The minimum atomic E-state index is -0.0328. The van der Waals surface area contributed by atoms with Crippen LogP contribution in [-0.2, 0) is 11.2 Å². The lowest BCUT2D eigenvalue weighted by molar-refractivity contribution is -0.132. The molecule has 1 aromatic carbocycles. The molecule has 2 aliphatic rings. The van der Waals surface area contributed by atoms with Gasteiger partial charge in [-0.05, 0) is 49.1 Å². The number of aryl methyl sites for hydroxylation is 2. The Labute approximate surface area is 147 Å². The molecule has 2 aromatic rings. The maximum atomic E-state index is 13.2. The molecule has 2 aliphatic heterocycles. The van der Waals surface area contributed by atoms with Gasteiger partial charge in [-0.1, -0.05) is 24.3 Å². The van der Waals surface area contributed by atoms with Crippen molar-refractivity contribution >= 4 is 17.7 Å². The highest BCUT2D eigenvalue weighted by Crippen LogP contribution is 2.39. The fraction of sp³-hybridized carbons (Fsp3) is 0.474. The van der Waals surface area contributed by atoms with Gasteiger partial charge in [-0.3, -0.25) is 9.89 Å². The molecular formula is C19H23N3OS. The second-order valence-electron chi connectivity index (χ2n) is 6.80. The molecule has 0 aliphatic carbocycles. The van der Waals surface area contributed by atoms with Crippen LogP contribution in [0.2, 0.25) is 0 Å². The van der Waals surface area contributed by atoms with Crippen LogP contribution in [0.5, 0.6) is 0 Å². The number of carbonyl (C=O) groups excluding carboxylic acids is 1. The van der Waals surface area contributed by atoms with E-state index >= 15 is 0 Å². The first kappa shape index (κ1) is 15.8.